The fraction of sp³-hybridized carbons (Fsp3) is 0.0952. The lowest BCUT2D eigenvalue weighted by molar-refractivity contribution is 0.0600. The van der Waals surface area contributed by atoms with Crippen LogP contribution in [-0.2, 0) is 11.3 Å². The third-order valence-electron chi connectivity index (χ3n) is 4.39. The number of carbonyl (C=O) groups is 1. The van der Waals surface area contributed by atoms with Crippen molar-refractivity contribution in [1.82, 2.24) is 29.9 Å². The van der Waals surface area contributed by atoms with Crippen LogP contribution in [0, 0.1) is 11.3 Å². The Labute approximate surface area is 177 Å². The van der Waals surface area contributed by atoms with Crippen molar-refractivity contribution in [3.8, 4) is 28.7 Å². The monoisotopic (exact) mass is 412 g/mol. The summed E-state index contributed by atoms with van der Waals surface area (Å²) in [6, 6.07) is 14.1. The minimum absolute atomic E-state index is 0.0804. The molecule has 10 heteroatoms. The molecule has 2 N–H and O–H groups in total. The van der Waals surface area contributed by atoms with Gasteiger partial charge in [-0.25, -0.2) is 19.4 Å². The molecular weight excluding hydrogens is 396 g/mol. The maximum absolute atomic E-state index is 11.7. The molecule has 0 aliphatic rings. The summed E-state index contributed by atoms with van der Waals surface area (Å²) < 4.78 is 6.31. The van der Waals surface area contributed by atoms with Crippen molar-refractivity contribution in [3.05, 3.63) is 71.7 Å². The van der Waals surface area contributed by atoms with Gasteiger partial charge in [-0.05, 0) is 30.3 Å². The number of hydrogen-bond donors (Lipinski definition) is 1. The number of pyridine rings is 1. The molecule has 4 aromatic rings. The van der Waals surface area contributed by atoms with Gasteiger partial charge < -0.3 is 10.5 Å². The molecule has 0 bridgehead atoms. The summed E-state index contributed by atoms with van der Waals surface area (Å²) in [6.45, 7) is 0.301. The first-order valence-electron chi connectivity index (χ1n) is 9.14. The Bertz CT molecular complexity index is 1310. The van der Waals surface area contributed by atoms with E-state index in [0.717, 1.165) is 5.56 Å². The zero-order valence-electron chi connectivity index (χ0n) is 16.4. The minimum atomic E-state index is -0.438. The summed E-state index contributed by atoms with van der Waals surface area (Å²) in [4.78, 5) is 24.5. The molecule has 0 aliphatic heterocycles. The van der Waals surface area contributed by atoms with Gasteiger partial charge in [-0.3, -0.25) is 4.98 Å². The number of nitrogen functional groups attached to an aromatic ring is 1. The van der Waals surface area contributed by atoms with E-state index in [4.69, 9.17) is 15.7 Å². The first kappa shape index (κ1) is 19.7. The molecule has 3 aromatic heterocycles. The van der Waals surface area contributed by atoms with Crippen LogP contribution in [0.15, 0.2) is 54.9 Å². The quantitative estimate of drug-likeness (QED) is 0.487. The topological polar surface area (TPSA) is 145 Å². The number of methoxy groups -OCH3 is 1. The van der Waals surface area contributed by atoms with E-state index in [2.05, 4.69) is 31.3 Å². The van der Waals surface area contributed by atoms with Gasteiger partial charge in [0.15, 0.2) is 0 Å². The Hall–Kier alpha value is -4.65. The molecule has 0 saturated heterocycles. The Morgan fingerprint density at radius 3 is 2.81 bits per heavy atom. The van der Waals surface area contributed by atoms with Gasteiger partial charge in [-0.15, -0.1) is 5.10 Å². The molecule has 0 atom stereocenters. The molecule has 31 heavy (non-hydrogen) atoms. The summed E-state index contributed by atoms with van der Waals surface area (Å²) in [5, 5.41) is 17.4. The van der Waals surface area contributed by atoms with Crippen LogP contribution < -0.4 is 5.73 Å². The SMILES string of the molecule is COC(=O)c1ccnc(Cn2cc(-c3cc(-c4cccc(C#N)c4)nc(N)n3)nn2)c1. The second-order valence-electron chi connectivity index (χ2n) is 6.52. The lowest BCUT2D eigenvalue weighted by Crippen LogP contribution is -2.06. The minimum Gasteiger partial charge on any atom is -0.465 e. The van der Waals surface area contributed by atoms with Gasteiger partial charge in [0.1, 0.15) is 5.69 Å². The lowest BCUT2D eigenvalue weighted by atomic mass is 10.1. The fourth-order valence-corrected chi connectivity index (χ4v) is 2.96. The molecule has 0 fully saturated rings. The first-order valence-corrected chi connectivity index (χ1v) is 9.14. The second-order valence-corrected chi connectivity index (χ2v) is 6.52. The Balaban J connectivity index is 1.61. The van der Waals surface area contributed by atoms with Gasteiger partial charge in [0.2, 0.25) is 5.95 Å². The Morgan fingerprint density at radius 1 is 1.16 bits per heavy atom. The lowest BCUT2D eigenvalue weighted by Gasteiger charge is -2.05. The number of nitrogens with zero attached hydrogens (tertiary/aromatic N) is 7. The number of nitrogens with two attached hydrogens (primary N) is 1. The maximum atomic E-state index is 11.7. The fourth-order valence-electron chi connectivity index (χ4n) is 2.96. The van der Waals surface area contributed by atoms with Crippen molar-refractivity contribution in [2.24, 2.45) is 0 Å². The summed E-state index contributed by atoms with van der Waals surface area (Å²) in [5.74, 6) is -0.357. The van der Waals surface area contributed by atoms with Crippen molar-refractivity contribution in [2.75, 3.05) is 12.8 Å². The largest absolute Gasteiger partial charge is 0.465 e. The number of ether oxygens (including phenoxy) is 1. The van der Waals surface area contributed by atoms with Gasteiger partial charge in [0, 0.05) is 11.8 Å². The normalized spacial score (nSPS) is 10.5. The highest BCUT2D eigenvalue weighted by molar-refractivity contribution is 5.89. The molecule has 152 valence electrons. The molecule has 0 spiro atoms. The summed E-state index contributed by atoms with van der Waals surface area (Å²) in [5.41, 5.74) is 9.74. The van der Waals surface area contributed by atoms with Crippen molar-refractivity contribution in [3.63, 3.8) is 0 Å². The highest BCUT2D eigenvalue weighted by Gasteiger charge is 2.12. The van der Waals surface area contributed by atoms with E-state index < -0.39 is 5.97 Å². The van der Waals surface area contributed by atoms with Crippen molar-refractivity contribution in [1.29, 1.82) is 5.26 Å². The standard InChI is InChI=1S/C21H16N8O2/c1-31-20(30)15-5-6-24-16(8-15)11-29-12-19(27-28-29)18-9-17(25-21(23)26-18)14-4-2-3-13(7-14)10-22/h2-9,12H,11H2,1H3,(H2,23,25,26). The highest BCUT2D eigenvalue weighted by Crippen LogP contribution is 2.24. The first-order chi connectivity index (χ1) is 15.1. The van der Waals surface area contributed by atoms with E-state index in [1.165, 1.54) is 13.3 Å². The van der Waals surface area contributed by atoms with Crippen LogP contribution in [0.25, 0.3) is 22.6 Å². The highest BCUT2D eigenvalue weighted by atomic mass is 16.5. The van der Waals surface area contributed by atoms with Crippen LogP contribution in [-0.4, -0.2) is 43.0 Å². The molecule has 10 nitrogen and oxygen atoms in total. The van der Waals surface area contributed by atoms with Crippen LogP contribution in [0.5, 0.6) is 0 Å². The smallest absolute Gasteiger partial charge is 0.337 e. The number of rotatable bonds is 5. The Morgan fingerprint density at radius 2 is 2.00 bits per heavy atom. The zero-order valence-corrected chi connectivity index (χ0v) is 16.4. The number of carbonyl (C=O) groups excluding carboxylic acids is 1. The van der Waals surface area contributed by atoms with Crippen LogP contribution in [0.2, 0.25) is 0 Å². The van der Waals surface area contributed by atoms with E-state index in [-0.39, 0.29) is 5.95 Å². The van der Waals surface area contributed by atoms with Crippen LogP contribution in [0.3, 0.4) is 0 Å². The molecule has 0 saturated carbocycles. The number of anilines is 1. The van der Waals surface area contributed by atoms with E-state index in [0.29, 0.717) is 40.4 Å². The molecule has 0 unspecified atom stereocenters. The number of hydrogen-bond acceptors (Lipinski definition) is 9. The molecule has 0 radical (unpaired) electrons. The predicted octanol–water partition coefficient (Wildman–Crippen LogP) is 2.09. The van der Waals surface area contributed by atoms with Crippen molar-refractivity contribution >= 4 is 11.9 Å². The van der Waals surface area contributed by atoms with Crippen LogP contribution >= 0.6 is 0 Å². The van der Waals surface area contributed by atoms with E-state index in [1.807, 2.05) is 6.07 Å². The predicted molar refractivity (Wildman–Crippen MR) is 110 cm³/mol. The summed E-state index contributed by atoms with van der Waals surface area (Å²) in [6.07, 6.45) is 3.23. The van der Waals surface area contributed by atoms with E-state index in [1.54, 1.807) is 47.3 Å². The number of aromatic nitrogens is 6. The number of nitriles is 1. The van der Waals surface area contributed by atoms with Gasteiger partial charge in [-0.1, -0.05) is 17.3 Å². The molecular formula is C21H16N8O2. The molecule has 1 aromatic carbocycles. The van der Waals surface area contributed by atoms with E-state index in [9.17, 15) is 4.79 Å². The van der Waals surface area contributed by atoms with Crippen LogP contribution in [0.1, 0.15) is 21.6 Å². The third kappa shape index (κ3) is 4.35. The van der Waals surface area contributed by atoms with Gasteiger partial charge >= 0.3 is 5.97 Å². The summed E-state index contributed by atoms with van der Waals surface area (Å²) >= 11 is 0. The summed E-state index contributed by atoms with van der Waals surface area (Å²) in [7, 11) is 1.32. The van der Waals surface area contributed by atoms with Crippen LogP contribution in [0.4, 0.5) is 5.95 Å². The molecule has 0 aliphatic carbocycles. The third-order valence-corrected chi connectivity index (χ3v) is 4.39. The number of esters is 1. The van der Waals surface area contributed by atoms with Gasteiger partial charge in [0.05, 0.1) is 54.1 Å². The van der Waals surface area contributed by atoms with E-state index >= 15 is 0 Å². The average Bonchev–Trinajstić information content (AvgIpc) is 3.27. The Kier molecular flexibility index (Phi) is 5.31. The zero-order chi connectivity index (χ0) is 21.8. The number of benzene rings is 1. The van der Waals surface area contributed by atoms with Crippen molar-refractivity contribution < 1.29 is 9.53 Å². The second kappa shape index (κ2) is 8.38. The molecule has 0 amide bonds. The van der Waals surface area contributed by atoms with Gasteiger partial charge in [-0.2, -0.15) is 5.26 Å². The van der Waals surface area contributed by atoms with Crippen molar-refractivity contribution in [2.45, 2.75) is 6.54 Å². The molecule has 4 rings (SSSR count). The maximum Gasteiger partial charge on any atom is 0.337 e. The van der Waals surface area contributed by atoms with Gasteiger partial charge in [0.25, 0.3) is 0 Å². The average molecular weight is 412 g/mol. The molecule has 3 heterocycles.